The molecule has 0 bridgehead atoms. The van der Waals surface area contributed by atoms with Crippen molar-refractivity contribution in [2.75, 3.05) is 0 Å². The van der Waals surface area contributed by atoms with Crippen LogP contribution in [0.15, 0.2) is 53.4 Å². The van der Waals surface area contributed by atoms with Crippen molar-refractivity contribution < 1.29 is 35.0 Å². The molecule has 2 fully saturated rings. The fourth-order valence-electron chi connectivity index (χ4n) is 3.57. The number of sulfonamides is 1. The Morgan fingerprint density at radius 2 is 1.37 bits per heavy atom. The Hall–Kier alpha value is -1.66. The minimum atomic E-state index is -3.85. The first-order valence-electron chi connectivity index (χ1n) is 11.0. The SMILES string of the molecule is CC(=O)O[C@@H](c1ccccc1C)[C@H](NS(=O)(=O)c1ccc(C)cc1)[C]1[CH][CH][CH][CH]1.[CH]1[CH][CH][CH][CH]1.[Fe+2]. The Balaban J connectivity index is 0.000000640. The molecule has 2 aliphatic rings. The summed E-state index contributed by atoms with van der Waals surface area (Å²) in [5, 5.41) is 0. The zero-order chi connectivity index (χ0) is 24.6. The van der Waals surface area contributed by atoms with Crippen molar-refractivity contribution in [1.29, 1.82) is 0 Å². The van der Waals surface area contributed by atoms with Gasteiger partial charge in [0.2, 0.25) is 10.0 Å². The summed E-state index contributed by atoms with van der Waals surface area (Å²) in [5.41, 5.74) is 2.62. The second kappa shape index (κ2) is 14.2. The molecule has 2 aromatic carbocycles. The van der Waals surface area contributed by atoms with Gasteiger partial charge in [-0.1, -0.05) is 42.0 Å². The minimum absolute atomic E-state index is 0. The number of aryl methyl sites for hydroxylation is 2. The maximum atomic E-state index is 13.1. The van der Waals surface area contributed by atoms with Crippen LogP contribution in [0.5, 0.6) is 0 Å². The predicted octanol–water partition coefficient (Wildman–Crippen LogP) is 4.68. The molecule has 0 unspecified atom stereocenters. The van der Waals surface area contributed by atoms with E-state index in [0.717, 1.165) is 22.6 Å². The predicted molar refractivity (Wildman–Crippen MR) is 133 cm³/mol. The molecule has 0 aromatic heterocycles. The van der Waals surface area contributed by atoms with E-state index >= 15 is 0 Å². The van der Waals surface area contributed by atoms with E-state index in [1.54, 1.807) is 24.3 Å². The Morgan fingerprint density at radius 3 is 1.89 bits per heavy atom. The summed E-state index contributed by atoms with van der Waals surface area (Å²) >= 11 is 0. The summed E-state index contributed by atoms with van der Waals surface area (Å²) in [6.07, 6.45) is 16.5. The zero-order valence-corrected chi connectivity index (χ0v) is 21.8. The average Bonchev–Trinajstić information content (AvgIpc) is 3.54. The number of hydrogen-bond donors (Lipinski definition) is 1. The minimum Gasteiger partial charge on any atom is -0.456 e. The van der Waals surface area contributed by atoms with Gasteiger partial charge in [-0.05, 0) is 94.9 Å². The normalized spacial score (nSPS) is 17.6. The number of hydrogen-bond acceptors (Lipinski definition) is 4. The Labute approximate surface area is 222 Å². The van der Waals surface area contributed by atoms with Gasteiger partial charge >= 0.3 is 23.0 Å². The smallest absolute Gasteiger partial charge is 0.456 e. The van der Waals surface area contributed by atoms with Crippen LogP contribution in [0.2, 0.25) is 0 Å². The molecule has 35 heavy (non-hydrogen) atoms. The summed E-state index contributed by atoms with van der Waals surface area (Å²) in [5.74, 6) is 0.236. The van der Waals surface area contributed by atoms with Gasteiger partial charge in [0.15, 0.2) is 0 Å². The van der Waals surface area contributed by atoms with Crippen LogP contribution in [-0.2, 0) is 36.6 Å². The van der Waals surface area contributed by atoms with Gasteiger partial charge in [0, 0.05) is 12.8 Å². The topological polar surface area (TPSA) is 72.5 Å². The molecular formula is C28H29FeNO4S+2. The van der Waals surface area contributed by atoms with Crippen LogP contribution in [0, 0.1) is 77.6 Å². The Morgan fingerprint density at radius 1 is 0.829 bits per heavy atom. The van der Waals surface area contributed by atoms with Gasteiger partial charge in [-0.2, -0.15) is 0 Å². The molecule has 0 aliphatic heterocycles. The summed E-state index contributed by atoms with van der Waals surface area (Å²) in [6, 6.07) is 13.3. The van der Waals surface area contributed by atoms with Crippen LogP contribution >= 0.6 is 0 Å². The molecule has 0 heterocycles. The van der Waals surface area contributed by atoms with Crippen molar-refractivity contribution in [3.63, 3.8) is 0 Å². The zero-order valence-electron chi connectivity index (χ0n) is 19.9. The van der Waals surface area contributed by atoms with Crippen LogP contribution in [0.25, 0.3) is 0 Å². The van der Waals surface area contributed by atoms with E-state index in [-0.39, 0.29) is 22.0 Å². The van der Waals surface area contributed by atoms with E-state index in [0.29, 0.717) is 0 Å². The number of carbonyl (C=O) groups excluding carboxylic acids is 1. The largest absolute Gasteiger partial charge is 2.00 e. The number of nitrogens with one attached hydrogen (secondary N) is 1. The standard InChI is InChI=1S/C23H24NO4S.C5H5.Fe/c1-16-12-14-20(15-13-16)29(26,27)24-22(19-9-5-6-10-19)23(28-18(3)25)21-11-7-4-8-17(21)2;1-2-4-5-3-1;/h4-15,22-24H,1-3H3;1-5H;/q;;+2/t22-,23+;;/m1../s1. The summed E-state index contributed by atoms with van der Waals surface area (Å²) in [7, 11) is -3.85. The van der Waals surface area contributed by atoms with E-state index in [2.05, 4.69) is 4.72 Å². The van der Waals surface area contributed by atoms with E-state index in [9.17, 15) is 13.2 Å². The van der Waals surface area contributed by atoms with Crippen LogP contribution in [0.1, 0.15) is 29.7 Å². The molecule has 0 spiro atoms. The van der Waals surface area contributed by atoms with Gasteiger partial charge in [0.1, 0.15) is 6.10 Å². The molecule has 2 aliphatic carbocycles. The van der Waals surface area contributed by atoms with Crippen molar-refractivity contribution in [2.45, 2.75) is 37.8 Å². The molecule has 0 saturated heterocycles. The first kappa shape index (κ1) is 29.6. The average molecular weight is 531 g/mol. The molecule has 7 heteroatoms. The maximum Gasteiger partial charge on any atom is 2.00 e. The van der Waals surface area contributed by atoms with Gasteiger partial charge in [-0.15, -0.1) is 0 Å². The van der Waals surface area contributed by atoms with E-state index < -0.39 is 28.1 Å². The molecule has 182 valence electrons. The molecule has 10 radical (unpaired) electrons. The molecule has 2 aromatic rings. The third-order valence-electron chi connectivity index (χ3n) is 5.31. The quantitative estimate of drug-likeness (QED) is 0.416. The Kier molecular flexibility index (Phi) is 12.0. The monoisotopic (exact) mass is 531 g/mol. The molecule has 0 amide bonds. The third kappa shape index (κ3) is 8.75. The van der Waals surface area contributed by atoms with Crippen LogP contribution in [-0.4, -0.2) is 20.4 Å². The number of ether oxygens (including phenoxy) is 1. The van der Waals surface area contributed by atoms with Crippen molar-refractivity contribution >= 4 is 16.0 Å². The van der Waals surface area contributed by atoms with Crippen molar-refractivity contribution in [2.24, 2.45) is 0 Å². The third-order valence-corrected chi connectivity index (χ3v) is 6.76. The molecule has 1 N–H and O–H groups in total. The van der Waals surface area contributed by atoms with E-state index in [4.69, 9.17) is 4.74 Å². The summed E-state index contributed by atoms with van der Waals surface area (Å²) < 4.78 is 34.6. The number of benzene rings is 2. The van der Waals surface area contributed by atoms with Crippen molar-refractivity contribution in [3.05, 3.63) is 129 Å². The maximum absolute atomic E-state index is 13.1. The first-order chi connectivity index (χ1) is 16.3. The molecular weight excluding hydrogens is 502 g/mol. The van der Waals surface area contributed by atoms with Crippen LogP contribution < -0.4 is 4.72 Å². The van der Waals surface area contributed by atoms with Gasteiger partial charge in [-0.25, -0.2) is 13.1 Å². The van der Waals surface area contributed by atoms with E-state index in [1.807, 2.05) is 95.9 Å². The number of carbonyl (C=O) groups is 1. The van der Waals surface area contributed by atoms with Gasteiger partial charge in [0.05, 0.1) is 10.9 Å². The van der Waals surface area contributed by atoms with E-state index in [1.165, 1.54) is 6.92 Å². The molecule has 5 nitrogen and oxygen atoms in total. The molecule has 2 atom stereocenters. The summed E-state index contributed by atoms with van der Waals surface area (Å²) in [6.45, 7) is 5.12. The fourth-order valence-corrected chi connectivity index (χ4v) is 4.79. The van der Waals surface area contributed by atoms with Crippen LogP contribution in [0.4, 0.5) is 0 Å². The second-order valence-electron chi connectivity index (χ2n) is 7.98. The Bertz CT molecular complexity index is 1020. The van der Waals surface area contributed by atoms with Gasteiger partial charge in [-0.3, -0.25) is 4.79 Å². The number of rotatable bonds is 7. The van der Waals surface area contributed by atoms with Crippen molar-refractivity contribution in [3.8, 4) is 0 Å². The second-order valence-corrected chi connectivity index (χ2v) is 9.69. The number of esters is 1. The van der Waals surface area contributed by atoms with Crippen molar-refractivity contribution in [1.82, 2.24) is 4.72 Å². The molecule has 4 rings (SSSR count). The first-order valence-corrected chi connectivity index (χ1v) is 12.5. The fraction of sp³-hybridized carbons (Fsp3) is 0.179. The molecule has 2 saturated carbocycles. The van der Waals surface area contributed by atoms with Gasteiger partial charge < -0.3 is 4.74 Å². The van der Waals surface area contributed by atoms with Crippen LogP contribution in [0.3, 0.4) is 0 Å². The van der Waals surface area contributed by atoms with Gasteiger partial charge in [0.25, 0.3) is 0 Å². The summed E-state index contributed by atoms with van der Waals surface area (Å²) in [4.78, 5) is 12.0.